The first kappa shape index (κ1) is 14.0. The molecule has 2 aromatic carbocycles. The summed E-state index contributed by atoms with van der Waals surface area (Å²) >= 11 is 0. The molecule has 1 heterocycles. The minimum absolute atomic E-state index is 0.224. The summed E-state index contributed by atoms with van der Waals surface area (Å²) in [6, 6.07) is 14.3. The van der Waals surface area contributed by atoms with E-state index in [0.29, 0.717) is 22.8 Å². The highest BCUT2D eigenvalue weighted by atomic mass is 16.5. The van der Waals surface area contributed by atoms with E-state index in [4.69, 9.17) is 13.9 Å². The minimum atomic E-state index is -0.327. The third-order valence-corrected chi connectivity index (χ3v) is 3.28. The van der Waals surface area contributed by atoms with Crippen LogP contribution >= 0.6 is 0 Å². The van der Waals surface area contributed by atoms with Crippen molar-refractivity contribution in [3.63, 3.8) is 0 Å². The monoisotopic (exact) mass is 297 g/mol. The Morgan fingerprint density at radius 3 is 2.64 bits per heavy atom. The van der Waals surface area contributed by atoms with Crippen LogP contribution < -0.4 is 14.8 Å². The van der Waals surface area contributed by atoms with Crippen molar-refractivity contribution < 1.29 is 18.7 Å². The molecule has 3 rings (SSSR count). The number of ether oxygens (including phenoxy) is 2. The molecule has 1 amide bonds. The van der Waals surface area contributed by atoms with Gasteiger partial charge in [-0.3, -0.25) is 4.79 Å². The number of nitrogens with one attached hydrogen (secondary N) is 1. The molecule has 0 aliphatic heterocycles. The van der Waals surface area contributed by atoms with Crippen molar-refractivity contribution in [2.75, 3.05) is 19.5 Å². The van der Waals surface area contributed by atoms with Gasteiger partial charge in [0.15, 0.2) is 17.1 Å². The van der Waals surface area contributed by atoms with Gasteiger partial charge >= 0.3 is 0 Å². The van der Waals surface area contributed by atoms with E-state index in [1.54, 1.807) is 44.6 Å². The molecule has 0 saturated carbocycles. The van der Waals surface area contributed by atoms with Crippen LogP contribution in [0, 0.1) is 0 Å². The number of anilines is 1. The number of benzene rings is 2. The van der Waals surface area contributed by atoms with Crippen molar-refractivity contribution in [2.45, 2.75) is 0 Å². The largest absolute Gasteiger partial charge is 0.497 e. The number of carbonyl (C=O) groups excluding carboxylic acids is 1. The maximum Gasteiger partial charge on any atom is 0.291 e. The van der Waals surface area contributed by atoms with E-state index in [1.165, 1.54) is 0 Å². The second-order valence-corrected chi connectivity index (χ2v) is 4.68. The number of amides is 1. The van der Waals surface area contributed by atoms with Crippen LogP contribution in [0.25, 0.3) is 11.0 Å². The average Bonchev–Trinajstić information content (AvgIpc) is 2.99. The summed E-state index contributed by atoms with van der Waals surface area (Å²) in [5.74, 6) is 1.16. The molecule has 0 fully saturated rings. The molecule has 0 unspecified atom stereocenters. The standard InChI is InChI=1S/C17H15NO4/c1-20-13-7-4-6-12(10-13)18-17(19)15-9-11-5-3-8-14(21-2)16(11)22-15/h3-10H,1-2H3,(H,18,19). The molecule has 3 aromatic rings. The van der Waals surface area contributed by atoms with Gasteiger partial charge in [-0.15, -0.1) is 0 Å². The van der Waals surface area contributed by atoms with Crippen LogP contribution in [-0.2, 0) is 0 Å². The Hall–Kier alpha value is -2.95. The van der Waals surface area contributed by atoms with Gasteiger partial charge < -0.3 is 19.2 Å². The lowest BCUT2D eigenvalue weighted by Crippen LogP contribution is -2.10. The molecular formula is C17H15NO4. The molecule has 0 radical (unpaired) electrons. The fourth-order valence-corrected chi connectivity index (χ4v) is 2.20. The first-order chi connectivity index (χ1) is 10.7. The summed E-state index contributed by atoms with van der Waals surface area (Å²) in [4.78, 5) is 12.3. The highest BCUT2D eigenvalue weighted by Gasteiger charge is 2.15. The Bertz CT molecular complexity index is 822. The SMILES string of the molecule is COc1cccc(NC(=O)c2cc3cccc(OC)c3o2)c1. The van der Waals surface area contributed by atoms with Crippen LogP contribution in [0.2, 0.25) is 0 Å². The van der Waals surface area contributed by atoms with E-state index in [1.807, 2.05) is 18.2 Å². The second-order valence-electron chi connectivity index (χ2n) is 4.68. The van der Waals surface area contributed by atoms with Crippen molar-refractivity contribution >= 4 is 22.6 Å². The molecule has 5 nitrogen and oxygen atoms in total. The second kappa shape index (κ2) is 5.81. The predicted molar refractivity (Wildman–Crippen MR) is 83.7 cm³/mol. The van der Waals surface area contributed by atoms with E-state index in [-0.39, 0.29) is 11.7 Å². The van der Waals surface area contributed by atoms with Crippen molar-refractivity contribution in [3.05, 3.63) is 54.3 Å². The maximum atomic E-state index is 12.3. The first-order valence-corrected chi connectivity index (χ1v) is 6.73. The number of para-hydroxylation sites is 1. The Morgan fingerprint density at radius 1 is 1.05 bits per heavy atom. The summed E-state index contributed by atoms with van der Waals surface area (Å²) < 4.78 is 16.0. The third kappa shape index (κ3) is 2.61. The Morgan fingerprint density at radius 2 is 1.86 bits per heavy atom. The number of fused-ring (bicyclic) bond motifs is 1. The van der Waals surface area contributed by atoms with Crippen molar-refractivity contribution in [1.29, 1.82) is 0 Å². The van der Waals surface area contributed by atoms with Crippen LogP contribution in [0.15, 0.2) is 52.9 Å². The van der Waals surface area contributed by atoms with Crippen molar-refractivity contribution in [1.82, 2.24) is 0 Å². The zero-order valence-corrected chi connectivity index (χ0v) is 12.3. The molecule has 0 bridgehead atoms. The molecule has 1 aromatic heterocycles. The normalized spacial score (nSPS) is 10.5. The number of carbonyl (C=O) groups is 1. The third-order valence-electron chi connectivity index (χ3n) is 3.28. The molecule has 22 heavy (non-hydrogen) atoms. The van der Waals surface area contributed by atoms with Gasteiger partial charge in [0.25, 0.3) is 5.91 Å². The highest BCUT2D eigenvalue weighted by molar-refractivity contribution is 6.05. The van der Waals surface area contributed by atoms with Gasteiger partial charge in [-0.25, -0.2) is 0 Å². The zero-order chi connectivity index (χ0) is 15.5. The smallest absolute Gasteiger partial charge is 0.291 e. The van der Waals surface area contributed by atoms with Crippen LogP contribution in [0.1, 0.15) is 10.6 Å². The lowest BCUT2D eigenvalue weighted by molar-refractivity contribution is 0.0998. The fraction of sp³-hybridized carbons (Fsp3) is 0.118. The minimum Gasteiger partial charge on any atom is -0.497 e. The maximum absolute atomic E-state index is 12.3. The number of methoxy groups -OCH3 is 2. The summed E-state index contributed by atoms with van der Waals surface area (Å²) in [7, 11) is 3.14. The molecule has 0 atom stereocenters. The topological polar surface area (TPSA) is 60.7 Å². The van der Waals surface area contributed by atoms with Crippen molar-refractivity contribution in [2.24, 2.45) is 0 Å². The fourth-order valence-electron chi connectivity index (χ4n) is 2.20. The summed E-state index contributed by atoms with van der Waals surface area (Å²) in [5, 5.41) is 3.59. The van der Waals surface area contributed by atoms with Crippen LogP contribution in [0.5, 0.6) is 11.5 Å². The van der Waals surface area contributed by atoms with Gasteiger partial charge in [-0.2, -0.15) is 0 Å². The lowest BCUT2D eigenvalue weighted by Gasteiger charge is -2.05. The molecule has 0 aliphatic carbocycles. The Balaban J connectivity index is 1.88. The van der Waals surface area contributed by atoms with E-state index in [2.05, 4.69) is 5.32 Å². The predicted octanol–water partition coefficient (Wildman–Crippen LogP) is 3.70. The lowest BCUT2D eigenvalue weighted by atomic mass is 10.2. The van der Waals surface area contributed by atoms with E-state index in [0.717, 1.165) is 5.39 Å². The van der Waals surface area contributed by atoms with Gasteiger partial charge in [-0.1, -0.05) is 18.2 Å². The van der Waals surface area contributed by atoms with E-state index >= 15 is 0 Å². The van der Waals surface area contributed by atoms with Crippen LogP contribution in [0.3, 0.4) is 0 Å². The van der Waals surface area contributed by atoms with E-state index < -0.39 is 0 Å². The highest BCUT2D eigenvalue weighted by Crippen LogP contribution is 2.29. The summed E-state index contributed by atoms with van der Waals surface area (Å²) in [6.45, 7) is 0. The zero-order valence-electron chi connectivity index (χ0n) is 12.3. The molecule has 112 valence electrons. The quantitative estimate of drug-likeness (QED) is 0.797. The van der Waals surface area contributed by atoms with Gasteiger partial charge in [0.2, 0.25) is 0 Å². The van der Waals surface area contributed by atoms with Gasteiger partial charge in [0.05, 0.1) is 14.2 Å². The number of rotatable bonds is 4. The molecule has 0 saturated heterocycles. The molecule has 0 spiro atoms. The number of furan rings is 1. The number of hydrogen-bond donors (Lipinski definition) is 1. The molecule has 5 heteroatoms. The summed E-state index contributed by atoms with van der Waals surface area (Å²) in [5.41, 5.74) is 1.19. The Kier molecular flexibility index (Phi) is 3.70. The van der Waals surface area contributed by atoms with Crippen LogP contribution in [-0.4, -0.2) is 20.1 Å². The van der Waals surface area contributed by atoms with Crippen LogP contribution in [0.4, 0.5) is 5.69 Å². The van der Waals surface area contributed by atoms with E-state index in [9.17, 15) is 4.79 Å². The van der Waals surface area contributed by atoms with Gasteiger partial charge in [-0.05, 0) is 24.3 Å². The number of hydrogen-bond acceptors (Lipinski definition) is 4. The average molecular weight is 297 g/mol. The van der Waals surface area contributed by atoms with Gasteiger partial charge in [0.1, 0.15) is 5.75 Å². The first-order valence-electron chi connectivity index (χ1n) is 6.73. The molecule has 0 aliphatic rings. The van der Waals surface area contributed by atoms with Crippen molar-refractivity contribution in [3.8, 4) is 11.5 Å². The van der Waals surface area contributed by atoms with Gasteiger partial charge in [0, 0.05) is 17.1 Å². The Labute approximate surface area is 127 Å². The molecular weight excluding hydrogens is 282 g/mol. The molecule has 1 N–H and O–H groups in total. The summed E-state index contributed by atoms with van der Waals surface area (Å²) in [6.07, 6.45) is 0.